The first-order valence-electron chi connectivity index (χ1n) is 6.66. The van der Waals surface area contributed by atoms with Crippen LogP contribution < -0.4 is 10.9 Å². The summed E-state index contributed by atoms with van der Waals surface area (Å²) in [6.07, 6.45) is 1.17. The van der Waals surface area contributed by atoms with Gasteiger partial charge in [-0.05, 0) is 30.3 Å². The van der Waals surface area contributed by atoms with Gasteiger partial charge < -0.3 is 4.42 Å². The molecule has 0 saturated carbocycles. The molecule has 0 atom stereocenters. The molecule has 0 bridgehead atoms. The highest BCUT2D eigenvalue weighted by Gasteiger charge is 2.18. The quantitative estimate of drug-likeness (QED) is 0.607. The Balaban J connectivity index is 2.21. The number of nitrogens with two attached hydrogens (primary N) is 1. The zero-order valence-corrected chi connectivity index (χ0v) is 16.2. The molecule has 10 heteroatoms. The molecule has 2 aromatic carbocycles. The van der Waals surface area contributed by atoms with Gasteiger partial charge in [-0.25, -0.2) is 27.3 Å². The maximum Gasteiger partial charge on any atom is 0.424 e. The van der Waals surface area contributed by atoms with Crippen molar-refractivity contribution >= 4 is 41.9 Å². The number of nitrogens with zero attached hydrogens (tertiary/aromatic N) is 1. The minimum atomic E-state index is -4.18. The van der Waals surface area contributed by atoms with Crippen LogP contribution >= 0.6 is 31.9 Å². The van der Waals surface area contributed by atoms with E-state index in [1.54, 1.807) is 18.2 Å². The van der Waals surface area contributed by atoms with Crippen LogP contribution in [0.15, 0.2) is 65.7 Å². The number of halogens is 3. The fraction of sp³-hybridized carbons (Fsp3) is 0. The summed E-state index contributed by atoms with van der Waals surface area (Å²) in [7, 11) is -4.18. The molecule has 3 rings (SSSR count). The van der Waals surface area contributed by atoms with Crippen molar-refractivity contribution in [3.8, 4) is 16.9 Å². The van der Waals surface area contributed by atoms with E-state index in [0.717, 1.165) is 12.1 Å². The Labute approximate surface area is 158 Å². The molecule has 6 nitrogen and oxygen atoms in total. The van der Waals surface area contributed by atoms with Crippen molar-refractivity contribution in [3.05, 3.63) is 68.0 Å². The zero-order chi connectivity index (χ0) is 18.4. The van der Waals surface area contributed by atoms with Gasteiger partial charge in [0, 0.05) is 14.5 Å². The topological polar surface area (TPSA) is 95.3 Å². The Bertz CT molecular complexity index is 1120. The van der Waals surface area contributed by atoms with E-state index in [0.29, 0.717) is 14.6 Å². The SMILES string of the molecule is NS(=O)(=O)c1ccc(-c2coc(=O)n2-c2cc(Br)cc(Br)c2)cc1F. The van der Waals surface area contributed by atoms with Crippen LogP contribution in [0.1, 0.15) is 0 Å². The van der Waals surface area contributed by atoms with Gasteiger partial charge in [-0.15, -0.1) is 0 Å². The van der Waals surface area contributed by atoms with Crippen molar-refractivity contribution in [2.24, 2.45) is 5.14 Å². The Morgan fingerprint density at radius 2 is 1.72 bits per heavy atom. The van der Waals surface area contributed by atoms with E-state index in [4.69, 9.17) is 9.56 Å². The molecule has 0 aliphatic rings. The van der Waals surface area contributed by atoms with Crippen molar-refractivity contribution in [2.75, 3.05) is 0 Å². The summed E-state index contributed by atoms with van der Waals surface area (Å²) in [5.41, 5.74) is 0.993. The third-order valence-electron chi connectivity index (χ3n) is 3.33. The normalized spacial score (nSPS) is 11.7. The summed E-state index contributed by atoms with van der Waals surface area (Å²) in [5, 5.41) is 4.95. The highest BCUT2D eigenvalue weighted by Crippen LogP contribution is 2.28. The Kier molecular flexibility index (Phi) is 4.71. The number of oxazole rings is 1. The van der Waals surface area contributed by atoms with Crippen molar-refractivity contribution < 1.29 is 17.2 Å². The van der Waals surface area contributed by atoms with Gasteiger partial charge in [-0.3, -0.25) is 0 Å². The lowest BCUT2D eigenvalue weighted by Crippen LogP contribution is -2.15. The minimum Gasteiger partial charge on any atom is -0.415 e. The molecule has 3 aromatic rings. The van der Waals surface area contributed by atoms with Crippen LogP contribution in [-0.4, -0.2) is 13.0 Å². The van der Waals surface area contributed by atoms with Crippen LogP contribution in [0.2, 0.25) is 0 Å². The van der Waals surface area contributed by atoms with E-state index in [9.17, 15) is 17.6 Å². The van der Waals surface area contributed by atoms with E-state index < -0.39 is 26.5 Å². The smallest absolute Gasteiger partial charge is 0.415 e. The third kappa shape index (κ3) is 3.61. The standard InChI is InChI=1S/C15H9Br2FN2O4S/c16-9-4-10(17)6-11(5-9)20-13(7-24-15(20)21)8-1-2-14(12(18)3-8)25(19,22)23/h1-7H,(H2,19,22,23). The van der Waals surface area contributed by atoms with E-state index >= 15 is 0 Å². The summed E-state index contributed by atoms with van der Waals surface area (Å²) in [5.74, 6) is -1.69. The first-order valence-corrected chi connectivity index (χ1v) is 9.80. The molecular weight excluding hydrogens is 483 g/mol. The predicted octanol–water partition coefficient (Wildman–Crippen LogP) is 3.41. The lowest BCUT2D eigenvalue weighted by molar-refractivity contribution is 0.504. The van der Waals surface area contributed by atoms with Crippen LogP contribution in [0.25, 0.3) is 16.9 Å². The summed E-state index contributed by atoms with van der Waals surface area (Å²) in [6.45, 7) is 0. The van der Waals surface area contributed by atoms with Gasteiger partial charge in [0.25, 0.3) is 0 Å². The second-order valence-corrected chi connectivity index (χ2v) is 8.40. The second-order valence-electron chi connectivity index (χ2n) is 5.04. The number of sulfonamides is 1. The van der Waals surface area contributed by atoms with E-state index in [1.807, 2.05) is 0 Å². The fourth-order valence-electron chi connectivity index (χ4n) is 2.31. The van der Waals surface area contributed by atoms with Gasteiger partial charge in [0.2, 0.25) is 10.0 Å². The number of rotatable bonds is 3. The van der Waals surface area contributed by atoms with Gasteiger partial charge in [0.15, 0.2) is 0 Å². The highest BCUT2D eigenvalue weighted by atomic mass is 79.9. The van der Waals surface area contributed by atoms with E-state index in [1.165, 1.54) is 16.9 Å². The molecule has 0 saturated heterocycles. The van der Waals surface area contributed by atoms with Gasteiger partial charge in [0.1, 0.15) is 17.0 Å². The summed E-state index contributed by atoms with van der Waals surface area (Å²) in [4.78, 5) is 11.5. The van der Waals surface area contributed by atoms with Crippen LogP contribution in [-0.2, 0) is 10.0 Å². The lowest BCUT2D eigenvalue weighted by atomic mass is 10.1. The molecule has 0 radical (unpaired) electrons. The molecule has 0 fully saturated rings. The van der Waals surface area contributed by atoms with E-state index in [2.05, 4.69) is 31.9 Å². The number of hydrogen-bond donors (Lipinski definition) is 1. The zero-order valence-electron chi connectivity index (χ0n) is 12.2. The number of aromatic nitrogens is 1. The van der Waals surface area contributed by atoms with Crippen LogP contribution in [0.4, 0.5) is 4.39 Å². The average molecular weight is 492 g/mol. The molecule has 0 aliphatic carbocycles. The van der Waals surface area contributed by atoms with Crippen molar-refractivity contribution in [2.45, 2.75) is 4.90 Å². The van der Waals surface area contributed by atoms with Crippen LogP contribution in [0.5, 0.6) is 0 Å². The maximum absolute atomic E-state index is 14.1. The molecular formula is C15H9Br2FN2O4S. The van der Waals surface area contributed by atoms with Crippen molar-refractivity contribution in [3.63, 3.8) is 0 Å². The average Bonchev–Trinajstić information content (AvgIpc) is 2.86. The highest BCUT2D eigenvalue weighted by molar-refractivity contribution is 9.11. The second kappa shape index (κ2) is 6.52. The number of hydrogen-bond acceptors (Lipinski definition) is 4. The van der Waals surface area contributed by atoms with Crippen LogP contribution in [0.3, 0.4) is 0 Å². The summed E-state index contributed by atoms with van der Waals surface area (Å²) < 4.78 is 44.4. The first kappa shape index (κ1) is 18.1. The molecule has 0 amide bonds. The largest absolute Gasteiger partial charge is 0.424 e. The monoisotopic (exact) mass is 490 g/mol. The van der Waals surface area contributed by atoms with Crippen molar-refractivity contribution in [1.29, 1.82) is 0 Å². The van der Waals surface area contributed by atoms with E-state index in [-0.39, 0.29) is 11.3 Å². The summed E-state index contributed by atoms with van der Waals surface area (Å²) >= 11 is 6.66. The molecule has 0 unspecified atom stereocenters. The fourth-order valence-corrected chi connectivity index (χ4v) is 4.17. The van der Waals surface area contributed by atoms with Gasteiger partial charge in [-0.1, -0.05) is 37.9 Å². The summed E-state index contributed by atoms with van der Waals surface area (Å²) in [6, 6.07) is 8.51. The first-order chi connectivity index (χ1) is 11.7. The number of primary sulfonamides is 1. The minimum absolute atomic E-state index is 0.256. The lowest BCUT2D eigenvalue weighted by Gasteiger charge is -2.09. The Morgan fingerprint density at radius 3 is 2.28 bits per heavy atom. The van der Waals surface area contributed by atoms with Gasteiger partial charge in [0.05, 0.1) is 11.4 Å². The van der Waals surface area contributed by atoms with Crippen molar-refractivity contribution in [1.82, 2.24) is 4.57 Å². The van der Waals surface area contributed by atoms with Gasteiger partial charge in [-0.2, -0.15) is 0 Å². The Hall–Kier alpha value is -1.75. The van der Waals surface area contributed by atoms with Gasteiger partial charge >= 0.3 is 5.76 Å². The molecule has 0 aliphatic heterocycles. The molecule has 130 valence electrons. The molecule has 1 heterocycles. The third-order valence-corrected chi connectivity index (χ3v) is 5.19. The molecule has 0 spiro atoms. The van der Waals surface area contributed by atoms with Crippen LogP contribution in [0, 0.1) is 5.82 Å². The molecule has 2 N–H and O–H groups in total. The maximum atomic E-state index is 14.1. The predicted molar refractivity (Wildman–Crippen MR) is 96.5 cm³/mol. The molecule has 1 aromatic heterocycles. The number of benzene rings is 2. The molecule has 25 heavy (non-hydrogen) atoms. The Morgan fingerprint density at radius 1 is 1.08 bits per heavy atom.